The Balaban J connectivity index is 0.00000123. The number of likely N-dealkylation sites (tertiary alicyclic amines) is 1. The molecule has 3 aromatic rings. The standard InChI is InChI=1S/C32H36N4O5.CH2O2/c37-30-21-35(32(39)26-10-13-33-28-9-2-1-8-25(26)28)14-3-4-15-41-24-7-5-6-23(18-24)27-19-36(20-29(27)34-30)31(38)22-11-16-40-17-12-22;2-1-3/h1-2,5-10,13,18,22,27,29H,3-4,11-12,14-17,19-21H2,(H,34,37);1H,(H,2,3)/t27-,29+;/m1./s1. The molecule has 0 saturated carbocycles. The fourth-order valence-electron chi connectivity index (χ4n) is 6.23. The van der Waals surface area contributed by atoms with Crippen LogP contribution in [0.15, 0.2) is 60.8 Å². The first kappa shape index (κ1) is 30.9. The molecule has 2 fully saturated rings. The summed E-state index contributed by atoms with van der Waals surface area (Å²) in [5.74, 6) is 0.345. The molecule has 0 unspecified atom stereocenters. The van der Waals surface area contributed by atoms with Crippen molar-refractivity contribution in [2.75, 3.05) is 46.0 Å². The average Bonchev–Trinajstić information content (AvgIpc) is 3.47. The molecule has 1 aromatic heterocycles. The Hall–Kier alpha value is -4.51. The summed E-state index contributed by atoms with van der Waals surface area (Å²) in [7, 11) is 0. The fraction of sp³-hybridized carbons (Fsp3) is 0.424. The van der Waals surface area contributed by atoms with Crippen LogP contribution in [0.5, 0.6) is 5.75 Å². The van der Waals surface area contributed by atoms with Crippen LogP contribution in [0, 0.1) is 5.92 Å². The van der Waals surface area contributed by atoms with Crippen molar-refractivity contribution in [1.82, 2.24) is 20.1 Å². The quantitative estimate of drug-likeness (QED) is 0.427. The Bertz CT molecular complexity index is 1470. The van der Waals surface area contributed by atoms with E-state index in [4.69, 9.17) is 19.4 Å². The number of para-hydroxylation sites is 1. The van der Waals surface area contributed by atoms with Crippen molar-refractivity contribution >= 4 is 35.1 Å². The summed E-state index contributed by atoms with van der Waals surface area (Å²) < 4.78 is 11.5. The van der Waals surface area contributed by atoms with Gasteiger partial charge in [0.1, 0.15) is 5.75 Å². The summed E-state index contributed by atoms with van der Waals surface area (Å²) in [4.78, 5) is 57.0. The second-order valence-corrected chi connectivity index (χ2v) is 11.2. The normalized spacial score (nSPS) is 21.1. The van der Waals surface area contributed by atoms with Gasteiger partial charge in [-0.05, 0) is 55.5 Å². The molecule has 2 aromatic carbocycles. The first-order valence-electron chi connectivity index (χ1n) is 15.1. The molecule has 11 heteroatoms. The van der Waals surface area contributed by atoms with E-state index in [9.17, 15) is 14.4 Å². The van der Waals surface area contributed by atoms with Gasteiger partial charge in [-0.1, -0.05) is 30.3 Å². The molecule has 2 bridgehead atoms. The molecule has 0 radical (unpaired) electrons. The minimum absolute atomic E-state index is 0.0501. The highest BCUT2D eigenvalue weighted by Gasteiger charge is 2.39. The Kier molecular flexibility index (Phi) is 10.4. The van der Waals surface area contributed by atoms with Crippen LogP contribution < -0.4 is 10.1 Å². The van der Waals surface area contributed by atoms with E-state index < -0.39 is 0 Å². The van der Waals surface area contributed by atoms with Gasteiger partial charge in [0.2, 0.25) is 11.8 Å². The number of hydrogen-bond donors (Lipinski definition) is 2. The predicted molar refractivity (Wildman–Crippen MR) is 162 cm³/mol. The summed E-state index contributed by atoms with van der Waals surface area (Å²) in [6, 6.07) is 17.0. The third kappa shape index (κ3) is 7.34. The van der Waals surface area contributed by atoms with Crippen LogP contribution in [0.2, 0.25) is 0 Å². The van der Waals surface area contributed by atoms with Crippen molar-refractivity contribution in [1.29, 1.82) is 0 Å². The highest BCUT2D eigenvalue weighted by molar-refractivity contribution is 6.06. The number of carboxylic acid groups (broad SMARTS) is 1. The maximum absolute atomic E-state index is 13.8. The number of ether oxygens (including phenoxy) is 2. The van der Waals surface area contributed by atoms with Crippen molar-refractivity contribution in [2.45, 2.75) is 37.6 Å². The summed E-state index contributed by atoms with van der Waals surface area (Å²) in [6.45, 7) is 2.78. The smallest absolute Gasteiger partial charge is 0.290 e. The first-order valence-corrected chi connectivity index (χ1v) is 15.1. The zero-order valence-electron chi connectivity index (χ0n) is 24.6. The zero-order chi connectivity index (χ0) is 30.9. The van der Waals surface area contributed by atoms with Gasteiger partial charge in [-0.15, -0.1) is 0 Å². The number of carbonyl (C=O) groups excluding carboxylic acids is 3. The van der Waals surface area contributed by atoms with Crippen molar-refractivity contribution in [2.24, 2.45) is 5.92 Å². The lowest BCUT2D eigenvalue weighted by Gasteiger charge is -2.26. The van der Waals surface area contributed by atoms with Crippen LogP contribution in [-0.2, 0) is 19.1 Å². The molecule has 3 aliphatic rings. The van der Waals surface area contributed by atoms with E-state index in [1.807, 2.05) is 53.4 Å². The molecular weight excluding hydrogens is 564 g/mol. The third-order valence-electron chi connectivity index (χ3n) is 8.43. The molecule has 0 spiro atoms. The number of benzene rings is 2. The number of carbonyl (C=O) groups is 4. The van der Waals surface area contributed by atoms with Gasteiger partial charge >= 0.3 is 0 Å². The average molecular weight is 603 g/mol. The van der Waals surface area contributed by atoms with Gasteiger partial charge in [-0.25, -0.2) is 0 Å². The Morgan fingerprint density at radius 1 is 0.977 bits per heavy atom. The van der Waals surface area contributed by atoms with E-state index in [0.29, 0.717) is 51.4 Å². The summed E-state index contributed by atoms with van der Waals surface area (Å²) in [5, 5.41) is 10.9. The van der Waals surface area contributed by atoms with E-state index in [0.717, 1.165) is 41.5 Å². The van der Waals surface area contributed by atoms with Crippen LogP contribution in [0.4, 0.5) is 0 Å². The highest BCUT2D eigenvalue weighted by atomic mass is 16.5. The molecule has 2 atom stereocenters. The SMILES string of the molecule is O=C1CN(C(=O)c2ccnc3ccccc23)CCCCOc2cccc(c2)[C@H]2CN(C(=O)C3CCOCC3)C[C@@H]2N1.O=CO. The molecule has 0 aliphatic carbocycles. The molecule has 11 nitrogen and oxygen atoms in total. The molecule has 6 rings (SSSR count). The van der Waals surface area contributed by atoms with Gasteiger partial charge in [0, 0.05) is 56.3 Å². The number of amides is 3. The fourth-order valence-corrected chi connectivity index (χ4v) is 6.23. The number of aromatic nitrogens is 1. The van der Waals surface area contributed by atoms with Gasteiger partial charge in [0.15, 0.2) is 0 Å². The number of nitrogens with zero attached hydrogens (tertiary/aromatic N) is 3. The van der Waals surface area contributed by atoms with E-state index in [1.54, 1.807) is 17.2 Å². The van der Waals surface area contributed by atoms with Crippen LogP contribution >= 0.6 is 0 Å². The van der Waals surface area contributed by atoms with Gasteiger partial charge < -0.3 is 29.7 Å². The topological polar surface area (TPSA) is 138 Å². The van der Waals surface area contributed by atoms with E-state index in [1.165, 1.54) is 0 Å². The number of pyridine rings is 1. The van der Waals surface area contributed by atoms with Crippen LogP contribution in [0.3, 0.4) is 0 Å². The second-order valence-electron chi connectivity index (χ2n) is 11.2. The Morgan fingerprint density at radius 2 is 1.77 bits per heavy atom. The molecule has 4 heterocycles. The molecule has 232 valence electrons. The largest absolute Gasteiger partial charge is 0.494 e. The number of rotatable bonds is 2. The molecule has 2 saturated heterocycles. The number of hydrogen-bond acceptors (Lipinski definition) is 7. The molecular formula is C33H38N4O7. The lowest BCUT2D eigenvalue weighted by molar-refractivity contribution is -0.137. The monoisotopic (exact) mass is 602 g/mol. The molecule has 2 N–H and O–H groups in total. The van der Waals surface area contributed by atoms with E-state index >= 15 is 0 Å². The first-order chi connectivity index (χ1) is 21.5. The number of fused-ring (bicyclic) bond motifs is 5. The van der Waals surface area contributed by atoms with Crippen LogP contribution in [-0.4, -0.2) is 96.1 Å². The Labute approximate surface area is 256 Å². The van der Waals surface area contributed by atoms with Crippen molar-refractivity contribution in [3.63, 3.8) is 0 Å². The maximum Gasteiger partial charge on any atom is 0.290 e. The Morgan fingerprint density at radius 3 is 2.59 bits per heavy atom. The molecule has 44 heavy (non-hydrogen) atoms. The minimum atomic E-state index is -0.275. The van der Waals surface area contributed by atoms with Crippen molar-refractivity contribution in [3.05, 3.63) is 71.9 Å². The lowest BCUT2D eigenvalue weighted by Crippen LogP contribution is -2.47. The molecule has 3 aliphatic heterocycles. The summed E-state index contributed by atoms with van der Waals surface area (Å²) in [6.07, 6.45) is 4.52. The van der Waals surface area contributed by atoms with Crippen molar-refractivity contribution < 1.29 is 33.8 Å². The number of nitrogens with one attached hydrogen (secondary N) is 1. The van der Waals surface area contributed by atoms with Gasteiger partial charge in [-0.2, -0.15) is 0 Å². The second kappa shape index (κ2) is 14.8. The minimum Gasteiger partial charge on any atom is -0.494 e. The predicted octanol–water partition coefficient (Wildman–Crippen LogP) is 3.09. The van der Waals surface area contributed by atoms with Crippen LogP contribution in [0.1, 0.15) is 47.5 Å². The third-order valence-corrected chi connectivity index (χ3v) is 8.43. The summed E-state index contributed by atoms with van der Waals surface area (Å²) in [5.41, 5.74) is 2.30. The maximum atomic E-state index is 13.8. The lowest BCUT2D eigenvalue weighted by atomic mass is 9.94. The van der Waals surface area contributed by atoms with Crippen LogP contribution in [0.25, 0.3) is 10.9 Å². The van der Waals surface area contributed by atoms with Gasteiger partial charge in [0.05, 0.1) is 30.3 Å². The molecule has 3 amide bonds. The van der Waals surface area contributed by atoms with Gasteiger partial charge in [0.25, 0.3) is 12.4 Å². The highest BCUT2D eigenvalue weighted by Crippen LogP contribution is 2.32. The summed E-state index contributed by atoms with van der Waals surface area (Å²) >= 11 is 0. The van der Waals surface area contributed by atoms with Crippen molar-refractivity contribution in [3.8, 4) is 5.75 Å². The van der Waals surface area contributed by atoms with E-state index in [2.05, 4.69) is 10.3 Å². The van der Waals surface area contributed by atoms with E-state index in [-0.39, 0.29) is 48.6 Å². The van der Waals surface area contributed by atoms with Gasteiger partial charge in [-0.3, -0.25) is 24.2 Å². The zero-order valence-corrected chi connectivity index (χ0v) is 24.6.